The Balaban J connectivity index is 2.04. The summed E-state index contributed by atoms with van der Waals surface area (Å²) in [5.41, 5.74) is 0.787. The topological polar surface area (TPSA) is 67.9 Å². The molecule has 166 valence electrons. The largest absolute Gasteiger partial charge is 0.490 e. The second-order valence-corrected chi connectivity index (χ2v) is 8.81. The number of nitrogens with zero attached hydrogens (tertiary/aromatic N) is 1. The van der Waals surface area contributed by atoms with Gasteiger partial charge in [0.1, 0.15) is 12.2 Å². The lowest BCUT2D eigenvalue weighted by atomic mass is 10.1. The van der Waals surface area contributed by atoms with Crippen LogP contribution in [0.1, 0.15) is 12.5 Å². The first kappa shape index (κ1) is 24.5. The van der Waals surface area contributed by atoms with Crippen LogP contribution in [0.2, 0.25) is 10.0 Å². The highest BCUT2D eigenvalue weighted by molar-refractivity contribution is 14.1. The van der Waals surface area contributed by atoms with Crippen LogP contribution in [0.4, 0.5) is 5.69 Å². The molecule has 1 aliphatic heterocycles. The summed E-state index contributed by atoms with van der Waals surface area (Å²) in [4.78, 5) is 27.0. The van der Waals surface area contributed by atoms with E-state index in [0.29, 0.717) is 41.0 Å². The van der Waals surface area contributed by atoms with Crippen molar-refractivity contribution in [3.8, 4) is 11.5 Å². The molecule has 2 aromatic rings. The molecular weight excluding hydrogens is 586 g/mol. The fourth-order valence-electron chi connectivity index (χ4n) is 2.92. The monoisotopic (exact) mass is 602 g/mol. The Bertz CT molecular complexity index is 1150. The molecule has 10 heteroatoms. The van der Waals surface area contributed by atoms with Crippen molar-refractivity contribution in [3.05, 3.63) is 67.7 Å². The van der Waals surface area contributed by atoms with Gasteiger partial charge in [0.15, 0.2) is 16.6 Å². The number of rotatable bonds is 7. The fraction of sp³-hybridized carbons (Fsp3) is 0.136. The first-order valence-electron chi connectivity index (χ1n) is 9.33. The summed E-state index contributed by atoms with van der Waals surface area (Å²) in [6, 6.07) is 8.11. The van der Waals surface area contributed by atoms with E-state index in [2.05, 4.69) is 34.5 Å². The fourth-order valence-corrected chi connectivity index (χ4v) is 4.47. The van der Waals surface area contributed by atoms with Crippen LogP contribution in [-0.2, 0) is 9.59 Å². The van der Waals surface area contributed by atoms with Crippen molar-refractivity contribution in [2.75, 3.05) is 18.1 Å². The number of halogens is 3. The van der Waals surface area contributed by atoms with Crippen LogP contribution in [0.25, 0.3) is 6.08 Å². The summed E-state index contributed by atoms with van der Waals surface area (Å²) in [5.74, 6) is -0.168. The number of carbonyl (C=O) groups excluding carboxylic acids is 2. The molecule has 1 aliphatic rings. The Hall–Kier alpha value is -2.14. The van der Waals surface area contributed by atoms with Gasteiger partial charge in [-0.15, -0.1) is 0 Å². The normalized spacial score (nSPS) is 15.1. The molecule has 0 atom stereocenters. The maximum Gasteiger partial charge on any atom is 0.270 e. The van der Waals surface area contributed by atoms with Gasteiger partial charge in [-0.1, -0.05) is 35.9 Å². The Morgan fingerprint density at radius 3 is 2.62 bits per heavy atom. The minimum atomic E-state index is -0.610. The van der Waals surface area contributed by atoms with Gasteiger partial charge in [0.2, 0.25) is 0 Å². The SMILES string of the molecule is C=CCOc1c(I)cc(/C=C2\C(=O)NC(=S)N(c3ccc(Cl)cc3Cl)C2=O)cc1OCC. The van der Waals surface area contributed by atoms with Gasteiger partial charge < -0.3 is 9.47 Å². The van der Waals surface area contributed by atoms with Crippen LogP contribution in [0, 0.1) is 3.57 Å². The van der Waals surface area contributed by atoms with Crippen LogP contribution < -0.4 is 19.7 Å². The number of amides is 2. The third kappa shape index (κ3) is 5.25. The maximum absolute atomic E-state index is 13.2. The summed E-state index contributed by atoms with van der Waals surface area (Å²) in [5, 5.41) is 3.09. The van der Waals surface area contributed by atoms with Crippen LogP contribution in [0.5, 0.6) is 11.5 Å². The molecule has 1 heterocycles. The van der Waals surface area contributed by atoms with Crippen molar-refractivity contribution < 1.29 is 19.1 Å². The molecule has 1 N–H and O–H groups in total. The minimum absolute atomic E-state index is 0.0702. The average Bonchev–Trinajstić information content (AvgIpc) is 2.72. The van der Waals surface area contributed by atoms with Gasteiger partial charge in [-0.05, 0) is 83.7 Å². The lowest BCUT2D eigenvalue weighted by molar-refractivity contribution is -0.122. The number of benzene rings is 2. The van der Waals surface area contributed by atoms with E-state index in [1.165, 1.54) is 12.1 Å². The number of thiocarbonyl (C=S) groups is 1. The summed E-state index contributed by atoms with van der Waals surface area (Å²) in [6.45, 7) is 6.22. The van der Waals surface area contributed by atoms with E-state index in [9.17, 15) is 9.59 Å². The molecule has 3 rings (SSSR count). The highest BCUT2D eigenvalue weighted by Crippen LogP contribution is 2.36. The van der Waals surface area contributed by atoms with Gasteiger partial charge in [-0.25, -0.2) is 0 Å². The molecule has 6 nitrogen and oxygen atoms in total. The predicted octanol–water partition coefficient (Wildman–Crippen LogP) is 5.39. The number of ether oxygens (including phenoxy) is 2. The molecule has 1 saturated heterocycles. The minimum Gasteiger partial charge on any atom is -0.490 e. The van der Waals surface area contributed by atoms with Crippen molar-refractivity contribution >= 4 is 86.7 Å². The van der Waals surface area contributed by atoms with Crippen molar-refractivity contribution in [1.29, 1.82) is 0 Å². The van der Waals surface area contributed by atoms with E-state index in [1.54, 1.807) is 30.3 Å². The molecule has 0 aliphatic carbocycles. The van der Waals surface area contributed by atoms with Gasteiger partial charge >= 0.3 is 0 Å². The molecule has 2 aromatic carbocycles. The molecule has 0 bridgehead atoms. The van der Waals surface area contributed by atoms with Gasteiger partial charge in [0.05, 0.1) is 20.9 Å². The first-order valence-corrected chi connectivity index (χ1v) is 11.6. The van der Waals surface area contributed by atoms with Crippen molar-refractivity contribution in [3.63, 3.8) is 0 Å². The van der Waals surface area contributed by atoms with Gasteiger partial charge in [0, 0.05) is 5.02 Å². The zero-order valence-corrected chi connectivity index (χ0v) is 21.3. The third-order valence-electron chi connectivity index (χ3n) is 4.24. The van der Waals surface area contributed by atoms with Gasteiger partial charge in [0.25, 0.3) is 11.8 Å². The van der Waals surface area contributed by atoms with Crippen molar-refractivity contribution in [1.82, 2.24) is 5.32 Å². The van der Waals surface area contributed by atoms with Crippen LogP contribution in [0.15, 0.2) is 48.6 Å². The lowest BCUT2D eigenvalue weighted by Crippen LogP contribution is -2.54. The summed E-state index contributed by atoms with van der Waals surface area (Å²) in [6.07, 6.45) is 3.10. The Kier molecular flexibility index (Phi) is 8.16. The lowest BCUT2D eigenvalue weighted by Gasteiger charge is -2.29. The molecule has 2 amide bonds. The number of anilines is 1. The van der Waals surface area contributed by atoms with E-state index in [-0.39, 0.29) is 15.7 Å². The molecule has 0 spiro atoms. The average molecular weight is 603 g/mol. The molecule has 1 fully saturated rings. The highest BCUT2D eigenvalue weighted by Gasteiger charge is 2.35. The number of hydrogen-bond donors (Lipinski definition) is 1. The number of carbonyl (C=O) groups is 2. The second kappa shape index (κ2) is 10.7. The van der Waals surface area contributed by atoms with Crippen LogP contribution in [-0.4, -0.2) is 30.1 Å². The maximum atomic E-state index is 13.2. The quantitative estimate of drug-likeness (QED) is 0.151. The van der Waals surface area contributed by atoms with Gasteiger partial charge in [-0.2, -0.15) is 0 Å². The zero-order valence-electron chi connectivity index (χ0n) is 16.8. The molecule has 0 saturated carbocycles. The van der Waals surface area contributed by atoms with E-state index < -0.39 is 11.8 Å². The van der Waals surface area contributed by atoms with E-state index in [0.717, 1.165) is 8.47 Å². The molecular formula is C22H17Cl2IN2O4S. The smallest absolute Gasteiger partial charge is 0.270 e. The Morgan fingerprint density at radius 2 is 1.97 bits per heavy atom. The van der Waals surface area contributed by atoms with Crippen LogP contribution >= 0.6 is 58.0 Å². The van der Waals surface area contributed by atoms with E-state index in [4.69, 9.17) is 44.9 Å². The zero-order chi connectivity index (χ0) is 23.4. The van der Waals surface area contributed by atoms with Gasteiger partial charge in [-0.3, -0.25) is 19.8 Å². The molecule has 0 unspecified atom stereocenters. The number of nitrogens with one attached hydrogen (secondary N) is 1. The summed E-state index contributed by atoms with van der Waals surface area (Å²) in [7, 11) is 0. The molecule has 32 heavy (non-hydrogen) atoms. The number of hydrogen-bond acceptors (Lipinski definition) is 5. The van der Waals surface area contributed by atoms with E-state index >= 15 is 0 Å². The van der Waals surface area contributed by atoms with Crippen molar-refractivity contribution in [2.24, 2.45) is 0 Å². The summed E-state index contributed by atoms with van der Waals surface area (Å²) < 4.78 is 12.1. The predicted molar refractivity (Wildman–Crippen MR) is 139 cm³/mol. The van der Waals surface area contributed by atoms with E-state index in [1.807, 2.05) is 6.92 Å². The molecule has 0 aromatic heterocycles. The standard InChI is InChI=1S/C22H17Cl2IN2O4S/c1-3-7-31-19-16(25)9-12(10-18(19)30-4-2)8-14-20(28)26-22(32)27(21(14)29)17-6-5-13(23)11-15(17)24/h3,5-6,8-11H,1,4,7H2,2H3,(H,26,28,32)/b14-8+. The van der Waals surface area contributed by atoms with Crippen LogP contribution in [0.3, 0.4) is 0 Å². The third-order valence-corrected chi connectivity index (χ3v) is 5.86. The second-order valence-electron chi connectivity index (χ2n) is 6.42. The molecule has 0 radical (unpaired) electrons. The Labute approximate surface area is 214 Å². The highest BCUT2D eigenvalue weighted by atomic mass is 127. The first-order chi connectivity index (χ1) is 15.3. The Morgan fingerprint density at radius 1 is 1.22 bits per heavy atom. The van der Waals surface area contributed by atoms with Crippen molar-refractivity contribution in [2.45, 2.75) is 6.92 Å². The summed E-state index contributed by atoms with van der Waals surface area (Å²) >= 11 is 19.5.